The van der Waals surface area contributed by atoms with Crippen LogP contribution in [0, 0.1) is 13.8 Å². The van der Waals surface area contributed by atoms with E-state index in [0.717, 1.165) is 16.7 Å². The van der Waals surface area contributed by atoms with Crippen LogP contribution in [0.5, 0.6) is 0 Å². The van der Waals surface area contributed by atoms with Gasteiger partial charge in [0.1, 0.15) is 0 Å². The van der Waals surface area contributed by atoms with Gasteiger partial charge in [-0.2, -0.15) is 0 Å². The maximum absolute atomic E-state index is 11.1. The molecule has 1 rings (SSSR count). The summed E-state index contributed by atoms with van der Waals surface area (Å²) < 4.78 is 0. The quantitative estimate of drug-likeness (QED) is 0.803. The number of rotatable bonds is 4. The van der Waals surface area contributed by atoms with Crippen LogP contribution in [0.3, 0.4) is 0 Å². The van der Waals surface area contributed by atoms with Crippen LogP contribution in [0.4, 0.5) is 0 Å². The van der Waals surface area contributed by atoms with Crippen LogP contribution in [-0.4, -0.2) is 22.2 Å². The summed E-state index contributed by atoms with van der Waals surface area (Å²) in [5.41, 5.74) is 3.23. The third kappa shape index (κ3) is 3.20. The molecule has 0 radical (unpaired) electrons. The van der Waals surface area contributed by atoms with Crippen molar-refractivity contribution in [2.75, 3.05) is 0 Å². The Bertz CT molecular complexity index is 527. The predicted molar refractivity (Wildman–Crippen MR) is 68.4 cm³/mol. The zero-order valence-electron chi connectivity index (χ0n) is 10.7. The number of hydrogen-bond donors (Lipinski definition) is 2. The molecule has 0 saturated heterocycles. The minimum atomic E-state index is -1.19. The molecule has 0 aromatic heterocycles. The fourth-order valence-electron chi connectivity index (χ4n) is 1.92. The summed E-state index contributed by atoms with van der Waals surface area (Å²) in [5.74, 6) is -2.33. The molecule has 0 fully saturated rings. The summed E-state index contributed by atoms with van der Waals surface area (Å²) in [6, 6.07) is 5.65. The second kappa shape index (κ2) is 5.49. The molecular weight excluding hydrogens is 232 g/mol. The van der Waals surface area contributed by atoms with Crippen molar-refractivity contribution in [3.8, 4) is 0 Å². The summed E-state index contributed by atoms with van der Waals surface area (Å²) in [5, 5.41) is 17.8. The fourth-order valence-corrected chi connectivity index (χ4v) is 1.92. The molecule has 0 atom stereocenters. The van der Waals surface area contributed by atoms with Gasteiger partial charge in [-0.15, -0.1) is 0 Å². The van der Waals surface area contributed by atoms with E-state index in [-0.39, 0.29) is 5.57 Å². The summed E-state index contributed by atoms with van der Waals surface area (Å²) in [6.07, 6.45) is -0.478. The molecule has 1 aromatic carbocycles. The van der Waals surface area contributed by atoms with E-state index in [4.69, 9.17) is 10.2 Å². The van der Waals surface area contributed by atoms with E-state index in [1.165, 1.54) is 0 Å². The van der Waals surface area contributed by atoms with Crippen LogP contribution in [-0.2, 0) is 9.59 Å². The first-order chi connectivity index (χ1) is 8.32. The number of carboxylic acids is 2. The van der Waals surface area contributed by atoms with Crippen molar-refractivity contribution in [3.05, 3.63) is 40.5 Å². The zero-order valence-corrected chi connectivity index (χ0v) is 10.7. The van der Waals surface area contributed by atoms with E-state index in [1.54, 1.807) is 6.92 Å². The second-order valence-corrected chi connectivity index (χ2v) is 4.30. The van der Waals surface area contributed by atoms with Crippen molar-refractivity contribution < 1.29 is 19.8 Å². The van der Waals surface area contributed by atoms with E-state index in [2.05, 4.69) is 0 Å². The van der Waals surface area contributed by atoms with Gasteiger partial charge < -0.3 is 10.2 Å². The van der Waals surface area contributed by atoms with Crippen molar-refractivity contribution in [1.29, 1.82) is 0 Å². The fraction of sp³-hybridized carbons (Fsp3) is 0.286. The minimum absolute atomic E-state index is 0.0746. The second-order valence-electron chi connectivity index (χ2n) is 4.30. The maximum Gasteiger partial charge on any atom is 0.332 e. The Morgan fingerprint density at radius 3 is 2.22 bits per heavy atom. The van der Waals surface area contributed by atoms with Gasteiger partial charge in [0.25, 0.3) is 0 Å². The van der Waals surface area contributed by atoms with Crippen molar-refractivity contribution >= 4 is 17.5 Å². The van der Waals surface area contributed by atoms with Gasteiger partial charge in [0.05, 0.1) is 12.0 Å². The number of allylic oxidation sites excluding steroid dienone is 1. The van der Waals surface area contributed by atoms with Crippen molar-refractivity contribution in [3.63, 3.8) is 0 Å². The van der Waals surface area contributed by atoms with E-state index < -0.39 is 18.4 Å². The topological polar surface area (TPSA) is 74.6 Å². The lowest BCUT2D eigenvalue weighted by molar-refractivity contribution is -0.139. The molecule has 0 aliphatic carbocycles. The Morgan fingerprint density at radius 1 is 1.17 bits per heavy atom. The van der Waals surface area contributed by atoms with Crippen molar-refractivity contribution in [1.82, 2.24) is 0 Å². The first kappa shape index (κ1) is 14.0. The number of benzene rings is 1. The largest absolute Gasteiger partial charge is 0.481 e. The Balaban J connectivity index is 3.33. The third-order valence-corrected chi connectivity index (χ3v) is 2.82. The van der Waals surface area contributed by atoms with E-state index in [0.29, 0.717) is 5.57 Å². The first-order valence-corrected chi connectivity index (χ1v) is 5.55. The van der Waals surface area contributed by atoms with Crippen LogP contribution < -0.4 is 0 Å². The van der Waals surface area contributed by atoms with Gasteiger partial charge in [-0.25, -0.2) is 4.79 Å². The molecule has 4 heteroatoms. The average Bonchev–Trinajstić information content (AvgIpc) is 2.24. The summed E-state index contributed by atoms with van der Waals surface area (Å²) in [4.78, 5) is 21.8. The third-order valence-electron chi connectivity index (χ3n) is 2.82. The minimum Gasteiger partial charge on any atom is -0.481 e. The van der Waals surface area contributed by atoms with Gasteiger partial charge in [0, 0.05) is 0 Å². The summed E-state index contributed by atoms with van der Waals surface area (Å²) >= 11 is 0. The maximum atomic E-state index is 11.1. The number of hydrogen-bond acceptors (Lipinski definition) is 2. The molecular formula is C14H16O4. The molecule has 0 heterocycles. The van der Waals surface area contributed by atoms with E-state index in [9.17, 15) is 9.59 Å². The predicted octanol–water partition coefficient (Wildman–Crippen LogP) is 2.64. The van der Waals surface area contributed by atoms with E-state index >= 15 is 0 Å². The van der Waals surface area contributed by atoms with Crippen LogP contribution >= 0.6 is 0 Å². The molecule has 4 nitrogen and oxygen atoms in total. The molecule has 18 heavy (non-hydrogen) atoms. The molecule has 0 bridgehead atoms. The molecule has 0 aliphatic rings. The Kier molecular flexibility index (Phi) is 4.26. The van der Waals surface area contributed by atoms with Gasteiger partial charge in [0.2, 0.25) is 0 Å². The lowest BCUT2D eigenvalue weighted by Gasteiger charge is -2.10. The van der Waals surface area contributed by atoms with Gasteiger partial charge >= 0.3 is 11.9 Å². The summed E-state index contributed by atoms with van der Waals surface area (Å²) in [7, 11) is 0. The van der Waals surface area contributed by atoms with Gasteiger partial charge in [-0.1, -0.05) is 23.8 Å². The highest BCUT2D eigenvalue weighted by Crippen LogP contribution is 2.24. The van der Waals surface area contributed by atoms with Gasteiger partial charge in [-0.05, 0) is 37.5 Å². The van der Waals surface area contributed by atoms with Crippen LogP contribution in [0.1, 0.15) is 30.0 Å². The highest BCUT2D eigenvalue weighted by atomic mass is 16.4. The first-order valence-electron chi connectivity index (χ1n) is 5.55. The molecule has 0 saturated carbocycles. The molecule has 2 N–H and O–H groups in total. The van der Waals surface area contributed by atoms with Crippen molar-refractivity contribution in [2.45, 2.75) is 27.2 Å². The number of carboxylic acid groups (broad SMARTS) is 2. The molecule has 0 unspecified atom stereocenters. The van der Waals surface area contributed by atoms with Gasteiger partial charge in [0.15, 0.2) is 0 Å². The van der Waals surface area contributed by atoms with Crippen LogP contribution in [0.25, 0.3) is 5.57 Å². The summed E-state index contributed by atoms with van der Waals surface area (Å²) in [6.45, 7) is 5.47. The van der Waals surface area contributed by atoms with Gasteiger partial charge in [-0.3, -0.25) is 4.79 Å². The number of aryl methyl sites for hydroxylation is 2. The lowest BCUT2D eigenvalue weighted by atomic mass is 9.94. The zero-order chi connectivity index (χ0) is 13.9. The highest BCUT2D eigenvalue weighted by molar-refractivity contribution is 6.00. The molecule has 96 valence electrons. The standard InChI is InChI=1S/C14H16O4/c1-8-4-5-11(9(2)6-8)10(3)12(14(17)18)7-13(15)16/h4-6H,7H2,1-3H3,(H,15,16)(H,17,18)/b12-10+. The number of carbonyl (C=O) groups is 2. The normalized spacial score (nSPS) is 11.9. The van der Waals surface area contributed by atoms with E-state index in [1.807, 2.05) is 32.0 Å². The monoisotopic (exact) mass is 248 g/mol. The molecule has 1 aromatic rings. The lowest BCUT2D eigenvalue weighted by Crippen LogP contribution is -2.09. The smallest absolute Gasteiger partial charge is 0.332 e. The van der Waals surface area contributed by atoms with Crippen LogP contribution in [0.15, 0.2) is 23.8 Å². The average molecular weight is 248 g/mol. The SMILES string of the molecule is C/C(=C(/CC(=O)O)C(=O)O)c1ccc(C)cc1C. The van der Waals surface area contributed by atoms with Crippen LogP contribution in [0.2, 0.25) is 0 Å². The molecule has 0 spiro atoms. The Morgan fingerprint density at radius 2 is 1.78 bits per heavy atom. The highest BCUT2D eigenvalue weighted by Gasteiger charge is 2.17. The van der Waals surface area contributed by atoms with Crippen molar-refractivity contribution in [2.24, 2.45) is 0 Å². The molecule has 0 aliphatic heterocycles. The Labute approximate surface area is 106 Å². The number of aliphatic carboxylic acids is 2. The molecule has 0 amide bonds. The Hall–Kier alpha value is -2.10.